The monoisotopic (exact) mass is 278 g/mol. The maximum absolute atomic E-state index is 12.6. The van der Waals surface area contributed by atoms with Gasteiger partial charge in [-0.15, -0.1) is 0 Å². The van der Waals surface area contributed by atoms with Crippen molar-refractivity contribution in [1.82, 2.24) is 9.97 Å². The van der Waals surface area contributed by atoms with Crippen LogP contribution in [-0.4, -0.2) is 15.9 Å². The number of aryl methyl sites for hydroxylation is 1. The number of halogens is 2. The van der Waals surface area contributed by atoms with Crippen LogP contribution in [0.3, 0.4) is 0 Å². The standard InChI is InChI=1S/C13H12F2N4O/c1-7-17-10(12(14)15)6-11(18-7)19-9-4-2-8(3-5-9)13(16)20/h2-6,12H,1H3,(H2,16,20)(H,17,18,19). The molecule has 5 nitrogen and oxygen atoms in total. The molecule has 0 bridgehead atoms. The maximum Gasteiger partial charge on any atom is 0.280 e. The van der Waals surface area contributed by atoms with Crippen LogP contribution in [0.5, 0.6) is 0 Å². The van der Waals surface area contributed by atoms with Gasteiger partial charge >= 0.3 is 0 Å². The second-order valence-corrected chi connectivity index (χ2v) is 4.09. The van der Waals surface area contributed by atoms with Crippen LogP contribution in [0.15, 0.2) is 30.3 Å². The van der Waals surface area contributed by atoms with Crippen LogP contribution in [0.4, 0.5) is 20.3 Å². The van der Waals surface area contributed by atoms with E-state index < -0.39 is 12.3 Å². The van der Waals surface area contributed by atoms with Crippen LogP contribution >= 0.6 is 0 Å². The molecule has 0 fully saturated rings. The Morgan fingerprint density at radius 2 is 1.90 bits per heavy atom. The molecule has 3 N–H and O–H groups in total. The highest BCUT2D eigenvalue weighted by Crippen LogP contribution is 2.21. The number of anilines is 2. The van der Waals surface area contributed by atoms with E-state index in [1.54, 1.807) is 12.1 Å². The zero-order chi connectivity index (χ0) is 14.7. The van der Waals surface area contributed by atoms with Gasteiger partial charge in [-0.3, -0.25) is 4.79 Å². The third kappa shape index (κ3) is 3.25. The molecule has 2 rings (SSSR count). The fourth-order valence-corrected chi connectivity index (χ4v) is 1.63. The average molecular weight is 278 g/mol. The number of nitrogens with one attached hydrogen (secondary N) is 1. The van der Waals surface area contributed by atoms with Gasteiger partial charge in [-0.1, -0.05) is 0 Å². The van der Waals surface area contributed by atoms with Crippen molar-refractivity contribution in [2.45, 2.75) is 13.3 Å². The summed E-state index contributed by atoms with van der Waals surface area (Å²) in [5, 5.41) is 2.87. The lowest BCUT2D eigenvalue weighted by Crippen LogP contribution is -2.10. The average Bonchev–Trinajstić information content (AvgIpc) is 2.38. The molecule has 0 aliphatic rings. The summed E-state index contributed by atoms with van der Waals surface area (Å²) in [6, 6.07) is 7.47. The van der Waals surface area contributed by atoms with Crippen molar-refractivity contribution in [2.75, 3.05) is 5.32 Å². The molecule has 2 aromatic rings. The summed E-state index contributed by atoms with van der Waals surface area (Å²) in [4.78, 5) is 18.6. The van der Waals surface area contributed by atoms with Crippen LogP contribution in [0, 0.1) is 6.92 Å². The zero-order valence-electron chi connectivity index (χ0n) is 10.6. The molecule has 0 aliphatic carbocycles. The number of primary amides is 1. The molecule has 1 aromatic carbocycles. The Hall–Kier alpha value is -2.57. The molecular formula is C13H12F2N4O. The van der Waals surface area contributed by atoms with Gasteiger partial charge in [-0.2, -0.15) is 0 Å². The number of alkyl halides is 2. The lowest BCUT2D eigenvalue weighted by molar-refractivity contribution is 0.1000. The number of amides is 1. The smallest absolute Gasteiger partial charge is 0.280 e. The van der Waals surface area contributed by atoms with E-state index in [2.05, 4.69) is 15.3 Å². The molecule has 0 saturated heterocycles. The zero-order valence-corrected chi connectivity index (χ0v) is 10.6. The van der Waals surface area contributed by atoms with E-state index in [1.165, 1.54) is 25.1 Å². The molecule has 0 atom stereocenters. The summed E-state index contributed by atoms with van der Waals surface area (Å²) in [6.07, 6.45) is -2.66. The van der Waals surface area contributed by atoms with Gasteiger partial charge in [0.05, 0.1) is 0 Å². The van der Waals surface area contributed by atoms with Gasteiger partial charge < -0.3 is 11.1 Å². The molecule has 0 unspecified atom stereocenters. The van der Waals surface area contributed by atoms with Gasteiger partial charge in [0.1, 0.15) is 17.3 Å². The first-order valence-electron chi connectivity index (χ1n) is 5.76. The van der Waals surface area contributed by atoms with Crippen molar-refractivity contribution < 1.29 is 13.6 Å². The van der Waals surface area contributed by atoms with Crippen molar-refractivity contribution in [1.29, 1.82) is 0 Å². The lowest BCUT2D eigenvalue weighted by Gasteiger charge is -2.08. The van der Waals surface area contributed by atoms with E-state index in [-0.39, 0.29) is 17.3 Å². The number of carbonyl (C=O) groups excluding carboxylic acids is 1. The summed E-state index contributed by atoms with van der Waals surface area (Å²) in [7, 11) is 0. The number of rotatable bonds is 4. The minimum absolute atomic E-state index is 0.249. The van der Waals surface area contributed by atoms with Crippen LogP contribution in [0.1, 0.15) is 28.3 Å². The van der Waals surface area contributed by atoms with E-state index in [0.29, 0.717) is 11.3 Å². The van der Waals surface area contributed by atoms with E-state index >= 15 is 0 Å². The van der Waals surface area contributed by atoms with Gasteiger partial charge in [0.15, 0.2) is 0 Å². The Balaban J connectivity index is 2.23. The number of nitrogens with two attached hydrogens (primary N) is 1. The largest absolute Gasteiger partial charge is 0.366 e. The topological polar surface area (TPSA) is 80.9 Å². The van der Waals surface area contributed by atoms with Crippen molar-refractivity contribution in [3.8, 4) is 0 Å². The number of hydrogen-bond acceptors (Lipinski definition) is 4. The number of carbonyl (C=O) groups is 1. The molecule has 7 heteroatoms. The Morgan fingerprint density at radius 1 is 1.25 bits per heavy atom. The van der Waals surface area contributed by atoms with E-state index in [4.69, 9.17) is 5.73 Å². The number of hydrogen-bond donors (Lipinski definition) is 2. The van der Waals surface area contributed by atoms with Crippen molar-refractivity contribution in [2.24, 2.45) is 5.73 Å². The van der Waals surface area contributed by atoms with Crippen LogP contribution in [-0.2, 0) is 0 Å². The van der Waals surface area contributed by atoms with Gasteiger partial charge in [-0.25, -0.2) is 18.7 Å². The van der Waals surface area contributed by atoms with Crippen LogP contribution in [0.2, 0.25) is 0 Å². The Kier molecular flexibility index (Phi) is 3.88. The predicted molar refractivity (Wildman–Crippen MR) is 70.0 cm³/mol. The van der Waals surface area contributed by atoms with E-state index in [1.807, 2.05) is 0 Å². The Morgan fingerprint density at radius 3 is 2.45 bits per heavy atom. The summed E-state index contributed by atoms with van der Waals surface area (Å²) in [5.41, 5.74) is 5.76. The van der Waals surface area contributed by atoms with Gasteiger partial charge in [-0.05, 0) is 31.2 Å². The molecular weight excluding hydrogens is 266 g/mol. The highest BCUT2D eigenvalue weighted by Gasteiger charge is 2.11. The third-order valence-electron chi connectivity index (χ3n) is 2.52. The van der Waals surface area contributed by atoms with Crippen LogP contribution < -0.4 is 11.1 Å². The van der Waals surface area contributed by atoms with E-state index in [9.17, 15) is 13.6 Å². The molecule has 0 spiro atoms. The van der Waals surface area contributed by atoms with Gasteiger partial charge in [0.2, 0.25) is 5.91 Å². The molecule has 20 heavy (non-hydrogen) atoms. The molecule has 1 amide bonds. The molecule has 0 aliphatic heterocycles. The lowest BCUT2D eigenvalue weighted by atomic mass is 10.2. The minimum atomic E-state index is -2.66. The predicted octanol–water partition coefficient (Wildman–Crippen LogP) is 2.57. The third-order valence-corrected chi connectivity index (χ3v) is 2.52. The first-order chi connectivity index (χ1) is 9.45. The highest BCUT2D eigenvalue weighted by atomic mass is 19.3. The first-order valence-corrected chi connectivity index (χ1v) is 5.76. The van der Waals surface area contributed by atoms with Gasteiger partial charge in [0.25, 0.3) is 6.43 Å². The SMILES string of the molecule is Cc1nc(Nc2ccc(C(N)=O)cc2)cc(C(F)F)n1. The summed E-state index contributed by atoms with van der Waals surface area (Å²) >= 11 is 0. The van der Waals surface area contributed by atoms with Crippen molar-refractivity contribution in [3.63, 3.8) is 0 Å². The summed E-state index contributed by atoms with van der Waals surface area (Å²) in [6.45, 7) is 1.53. The minimum Gasteiger partial charge on any atom is -0.366 e. The van der Waals surface area contributed by atoms with Crippen LogP contribution in [0.25, 0.3) is 0 Å². The van der Waals surface area contributed by atoms with E-state index in [0.717, 1.165) is 0 Å². The normalized spacial score (nSPS) is 10.6. The Bertz CT molecular complexity index is 629. The van der Waals surface area contributed by atoms with Crippen molar-refractivity contribution in [3.05, 3.63) is 47.4 Å². The maximum atomic E-state index is 12.6. The number of aromatic nitrogens is 2. The number of nitrogens with zero attached hydrogens (tertiary/aromatic N) is 2. The molecule has 104 valence electrons. The van der Waals surface area contributed by atoms with Crippen molar-refractivity contribution >= 4 is 17.4 Å². The molecule has 1 heterocycles. The molecule has 1 aromatic heterocycles. The quantitative estimate of drug-likeness (QED) is 0.900. The van der Waals surface area contributed by atoms with Gasteiger partial charge in [0, 0.05) is 17.3 Å². The second kappa shape index (κ2) is 5.60. The molecule has 0 radical (unpaired) electrons. The summed E-state index contributed by atoms with van der Waals surface area (Å²) in [5.74, 6) is -0.0203. The highest BCUT2D eigenvalue weighted by molar-refractivity contribution is 5.93. The fraction of sp³-hybridized carbons (Fsp3) is 0.154. The molecule has 0 saturated carbocycles. The number of benzene rings is 1. The second-order valence-electron chi connectivity index (χ2n) is 4.09. The first kappa shape index (κ1) is 13.9. The fourth-order valence-electron chi connectivity index (χ4n) is 1.63. The Labute approximate surface area is 113 Å². The summed E-state index contributed by atoms with van der Waals surface area (Å²) < 4.78 is 25.3.